The van der Waals surface area contributed by atoms with Gasteiger partial charge in [0.05, 0.1) is 13.2 Å². The number of allylic oxidation sites excluding steroid dienone is 8. The summed E-state index contributed by atoms with van der Waals surface area (Å²) in [5.74, 6) is 1.43. The lowest BCUT2D eigenvalue weighted by Crippen LogP contribution is -2.25. The van der Waals surface area contributed by atoms with Crippen molar-refractivity contribution in [3.63, 3.8) is 0 Å². The molecule has 184 valence electrons. The lowest BCUT2D eigenvalue weighted by atomic mass is 10.1. The maximum absolute atomic E-state index is 13.1. The Labute approximate surface area is 200 Å². The predicted octanol–water partition coefficient (Wildman–Crippen LogP) is 6.21. The Balaban J connectivity index is 5.91. The molecule has 0 aliphatic rings. The van der Waals surface area contributed by atoms with Crippen LogP contribution >= 0.6 is 0 Å². The minimum absolute atomic E-state index is 0.0295. The molecule has 6 nitrogen and oxygen atoms in total. The number of nitrogens with zero attached hydrogens (tertiary/aromatic N) is 1. The van der Waals surface area contributed by atoms with Gasteiger partial charge in [-0.25, -0.2) is 0 Å². The van der Waals surface area contributed by atoms with Crippen LogP contribution in [0.3, 0.4) is 0 Å². The molecule has 33 heavy (non-hydrogen) atoms. The van der Waals surface area contributed by atoms with Crippen LogP contribution in [-0.2, 0) is 14.3 Å². The minimum Gasteiger partial charge on any atom is -0.497 e. The lowest BCUT2D eigenvalue weighted by Gasteiger charge is -2.15. The summed E-state index contributed by atoms with van der Waals surface area (Å²) >= 11 is 0. The van der Waals surface area contributed by atoms with Crippen molar-refractivity contribution < 1.29 is 14.3 Å². The number of aliphatic imine (C=N–C) groups is 1. The van der Waals surface area contributed by atoms with Gasteiger partial charge in [0.2, 0.25) is 11.7 Å². The average Bonchev–Trinajstić information content (AvgIpc) is 2.75. The second-order valence-electron chi connectivity index (χ2n) is 7.87. The monoisotopic (exact) mass is 457 g/mol. The number of ketones is 1. The topological polar surface area (TPSA) is 85.9 Å². The highest BCUT2D eigenvalue weighted by molar-refractivity contribution is 6.08. The number of ether oxygens (including phenoxy) is 2. The number of nitrogens with one attached hydrogen (secondary N) is 1. The normalized spacial score (nSPS) is 15.2. The summed E-state index contributed by atoms with van der Waals surface area (Å²) in [6.45, 7) is 15.3. The fourth-order valence-corrected chi connectivity index (χ4v) is 2.68. The summed E-state index contributed by atoms with van der Waals surface area (Å²) in [4.78, 5) is 17.7. The first-order valence-corrected chi connectivity index (χ1v) is 11.6. The second-order valence-corrected chi connectivity index (χ2v) is 7.87. The number of Topliss-reactive ketones (excluding diaryl/α,β-unsaturated/α-hetero) is 1. The fourth-order valence-electron chi connectivity index (χ4n) is 2.68. The Hall–Kier alpha value is -3.02. The SMILES string of the molecule is C\C=C(/N=C(\C=C\CCC)OC(C)C)N/C(C(=O)/C(C)=C/C=C(OC)\C(C)=C\CC)=C(\C)N. The number of carbonyl (C=O) groups is 1. The van der Waals surface area contributed by atoms with E-state index < -0.39 is 0 Å². The number of hydrogen-bond acceptors (Lipinski definition) is 6. The van der Waals surface area contributed by atoms with Crippen LogP contribution in [0.5, 0.6) is 0 Å². The van der Waals surface area contributed by atoms with Crippen molar-refractivity contribution >= 4 is 11.7 Å². The maximum Gasteiger partial charge on any atom is 0.215 e. The number of hydrogen-bond donors (Lipinski definition) is 2. The predicted molar refractivity (Wildman–Crippen MR) is 139 cm³/mol. The van der Waals surface area contributed by atoms with Crippen molar-refractivity contribution in [1.82, 2.24) is 5.32 Å². The zero-order chi connectivity index (χ0) is 25.4. The zero-order valence-electron chi connectivity index (χ0n) is 21.9. The molecule has 0 amide bonds. The molecule has 0 aliphatic carbocycles. The molecule has 0 spiro atoms. The van der Waals surface area contributed by atoms with Crippen LogP contribution in [0.2, 0.25) is 0 Å². The molecule has 6 heteroatoms. The van der Waals surface area contributed by atoms with Crippen LogP contribution in [0.4, 0.5) is 0 Å². The van der Waals surface area contributed by atoms with Gasteiger partial charge in [-0.05, 0) is 83.8 Å². The van der Waals surface area contributed by atoms with Gasteiger partial charge in [-0.1, -0.05) is 38.5 Å². The molecule has 0 aromatic rings. The van der Waals surface area contributed by atoms with Gasteiger partial charge in [0, 0.05) is 5.70 Å². The third-order valence-electron chi connectivity index (χ3n) is 4.41. The minimum atomic E-state index is -0.221. The van der Waals surface area contributed by atoms with Gasteiger partial charge in [-0.3, -0.25) is 4.79 Å². The molecule has 0 unspecified atom stereocenters. The zero-order valence-corrected chi connectivity index (χ0v) is 21.9. The van der Waals surface area contributed by atoms with E-state index in [9.17, 15) is 4.79 Å². The molecule has 0 aromatic carbocycles. The molecule has 0 fully saturated rings. The first-order valence-electron chi connectivity index (χ1n) is 11.6. The van der Waals surface area contributed by atoms with Crippen LogP contribution in [0, 0.1) is 0 Å². The average molecular weight is 458 g/mol. The molecular weight excluding hydrogens is 414 g/mol. The highest BCUT2D eigenvalue weighted by Gasteiger charge is 2.15. The summed E-state index contributed by atoms with van der Waals surface area (Å²) in [7, 11) is 1.61. The van der Waals surface area contributed by atoms with E-state index in [1.165, 1.54) is 0 Å². The van der Waals surface area contributed by atoms with Crippen molar-refractivity contribution in [2.45, 2.75) is 80.8 Å². The largest absolute Gasteiger partial charge is 0.497 e. The molecule has 0 rings (SSSR count). The quantitative estimate of drug-likeness (QED) is 0.113. The number of rotatable bonds is 13. The summed E-state index contributed by atoms with van der Waals surface area (Å²) in [5, 5.41) is 3.08. The summed E-state index contributed by atoms with van der Waals surface area (Å²) < 4.78 is 11.2. The molecule has 0 bridgehead atoms. The molecule has 0 radical (unpaired) electrons. The molecule has 0 aliphatic heterocycles. The van der Waals surface area contributed by atoms with Gasteiger partial charge in [0.1, 0.15) is 17.3 Å². The first-order chi connectivity index (χ1) is 15.6. The molecule has 0 saturated carbocycles. The van der Waals surface area contributed by atoms with E-state index in [-0.39, 0.29) is 17.6 Å². The molecule has 0 saturated heterocycles. The van der Waals surface area contributed by atoms with E-state index in [2.05, 4.69) is 30.2 Å². The van der Waals surface area contributed by atoms with Gasteiger partial charge < -0.3 is 20.5 Å². The van der Waals surface area contributed by atoms with E-state index in [0.29, 0.717) is 28.7 Å². The summed E-state index contributed by atoms with van der Waals surface area (Å²) in [5.41, 5.74) is 8.23. The Morgan fingerprint density at radius 3 is 2.27 bits per heavy atom. The molecule has 0 heterocycles. The molecule has 0 atom stereocenters. The van der Waals surface area contributed by atoms with Gasteiger partial charge in [0.25, 0.3) is 0 Å². The lowest BCUT2D eigenvalue weighted by molar-refractivity contribution is -0.112. The Kier molecular flexibility index (Phi) is 15.1. The van der Waals surface area contributed by atoms with Crippen LogP contribution in [0.25, 0.3) is 0 Å². The highest BCUT2D eigenvalue weighted by Crippen LogP contribution is 2.14. The first kappa shape index (κ1) is 30.0. The van der Waals surface area contributed by atoms with Gasteiger partial charge in [-0.15, -0.1) is 0 Å². The Bertz CT molecular complexity index is 850. The fraction of sp³-hybridized carbons (Fsp3) is 0.481. The van der Waals surface area contributed by atoms with Crippen molar-refractivity contribution in [3.05, 3.63) is 70.6 Å². The van der Waals surface area contributed by atoms with Crippen molar-refractivity contribution in [3.8, 4) is 0 Å². The molecular formula is C27H43N3O3. The van der Waals surface area contributed by atoms with Crippen molar-refractivity contribution in [2.24, 2.45) is 10.7 Å². The van der Waals surface area contributed by atoms with E-state index in [4.69, 9.17) is 15.2 Å². The number of methoxy groups -OCH3 is 1. The van der Waals surface area contributed by atoms with Crippen LogP contribution in [0.15, 0.2) is 75.6 Å². The highest BCUT2D eigenvalue weighted by atomic mass is 16.5. The van der Waals surface area contributed by atoms with E-state index >= 15 is 0 Å². The number of nitrogens with two attached hydrogens (primary N) is 1. The van der Waals surface area contributed by atoms with E-state index in [1.807, 2.05) is 39.8 Å². The summed E-state index contributed by atoms with van der Waals surface area (Å²) in [6.07, 6.45) is 14.1. The number of carbonyl (C=O) groups excluding carboxylic acids is 1. The smallest absolute Gasteiger partial charge is 0.215 e. The van der Waals surface area contributed by atoms with Gasteiger partial charge >= 0.3 is 0 Å². The van der Waals surface area contributed by atoms with Crippen molar-refractivity contribution in [2.75, 3.05) is 7.11 Å². The standard InChI is InChI=1S/C27H43N3O3/c1-10-13-14-16-25(33-19(4)5)29-24(12-3)30-26(22(8)28)27(31)21(7)17-18-23(32-9)20(6)15-11-2/h12,14-19,30H,10-11,13,28H2,1-9H3/b16-14+,20-15+,21-17+,23-18+,24-12+,26-22+,29-25+. The maximum atomic E-state index is 13.1. The van der Waals surface area contributed by atoms with E-state index in [0.717, 1.165) is 24.8 Å². The number of unbranched alkanes of at least 4 members (excludes halogenated alkanes) is 1. The summed E-state index contributed by atoms with van der Waals surface area (Å²) in [6, 6.07) is 0. The van der Waals surface area contributed by atoms with Gasteiger partial charge in [-0.2, -0.15) is 4.99 Å². The Morgan fingerprint density at radius 1 is 1.12 bits per heavy atom. The van der Waals surface area contributed by atoms with Crippen molar-refractivity contribution in [1.29, 1.82) is 0 Å². The van der Waals surface area contributed by atoms with Gasteiger partial charge in [0.15, 0.2) is 0 Å². The second kappa shape index (κ2) is 16.6. The third-order valence-corrected chi connectivity index (χ3v) is 4.41. The van der Waals surface area contributed by atoms with Crippen LogP contribution in [0.1, 0.15) is 74.7 Å². The molecule has 0 aromatic heterocycles. The molecule has 3 N–H and O–H groups in total. The van der Waals surface area contributed by atoms with E-state index in [1.54, 1.807) is 39.2 Å². The van der Waals surface area contributed by atoms with Crippen LogP contribution in [-0.4, -0.2) is 24.9 Å². The Morgan fingerprint density at radius 2 is 1.79 bits per heavy atom. The third kappa shape index (κ3) is 12.0. The van der Waals surface area contributed by atoms with Crippen LogP contribution < -0.4 is 11.1 Å².